The Bertz CT molecular complexity index is 211. The van der Waals surface area contributed by atoms with E-state index in [4.69, 9.17) is 5.73 Å². The molecule has 2 nitrogen and oxygen atoms in total. The maximum Gasteiger partial charge on any atom is 0.00676 e. The molecule has 2 saturated carbocycles. The molecular weight excluding hydrogens is 196 g/mol. The van der Waals surface area contributed by atoms with Gasteiger partial charge in [0.1, 0.15) is 0 Å². The molecule has 16 heavy (non-hydrogen) atoms. The van der Waals surface area contributed by atoms with Crippen LogP contribution in [0.15, 0.2) is 0 Å². The fourth-order valence-corrected chi connectivity index (χ4v) is 2.95. The molecule has 2 fully saturated rings. The lowest BCUT2D eigenvalue weighted by molar-refractivity contribution is 0.194. The lowest BCUT2D eigenvalue weighted by atomic mass is 9.99. The Morgan fingerprint density at radius 1 is 1.19 bits per heavy atom. The first-order valence-electron chi connectivity index (χ1n) is 7.16. The molecular formula is C14H28N2. The number of hydrogen-bond donors (Lipinski definition) is 1. The summed E-state index contributed by atoms with van der Waals surface area (Å²) in [6.07, 6.45) is 8.24. The third-order valence-electron chi connectivity index (χ3n) is 4.42. The molecule has 0 heterocycles. The predicted molar refractivity (Wildman–Crippen MR) is 69.4 cm³/mol. The largest absolute Gasteiger partial charge is 0.327 e. The van der Waals surface area contributed by atoms with Gasteiger partial charge >= 0.3 is 0 Å². The molecule has 2 unspecified atom stereocenters. The van der Waals surface area contributed by atoms with E-state index in [1.807, 2.05) is 0 Å². The van der Waals surface area contributed by atoms with E-state index >= 15 is 0 Å². The summed E-state index contributed by atoms with van der Waals surface area (Å²) in [6, 6.07) is 1.20. The molecule has 0 spiro atoms. The number of rotatable bonds is 6. The fraction of sp³-hybridized carbons (Fsp3) is 1.00. The maximum atomic E-state index is 6.14. The van der Waals surface area contributed by atoms with Gasteiger partial charge in [0.2, 0.25) is 0 Å². The highest BCUT2D eigenvalue weighted by Crippen LogP contribution is 2.31. The summed E-state index contributed by atoms with van der Waals surface area (Å²) in [6.45, 7) is 7.26. The number of nitrogens with two attached hydrogens (primary N) is 1. The van der Waals surface area contributed by atoms with Crippen molar-refractivity contribution in [2.45, 2.75) is 64.5 Å². The highest BCUT2D eigenvalue weighted by Gasteiger charge is 2.28. The Balaban J connectivity index is 1.72. The molecule has 0 aromatic heterocycles. The number of nitrogens with zero attached hydrogens (tertiary/aromatic N) is 1. The van der Waals surface area contributed by atoms with Gasteiger partial charge in [0.05, 0.1) is 0 Å². The van der Waals surface area contributed by atoms with Crippen LogP contribution in [0.25, 0.3) is 0 Å². The van der Waals surface area contributed by atoms with E-state index in [2.05, 4.69) is 18.7 Å². The van der Waals surface area contributed by atoms with Crippen molar-refractivity contribution in [2.24, 2.45) is 17.6 Å². The van der Waals surface area contributed by atoms with Gasteiger partial charge in [-0.2, -0.15) is 0 Å². The zero-order chi connectivity index (χ0) is 11.5. The molecule has 0 radical (unpaired) electrons. The summed E-state index contributed by atoms with van der Waals surface area (Å²) in [5.41, 5.74) is 6.14. The predicted octanol–water partition coefficient (Wildman–Crippen LogP) is 2.62. The van der Waals surface area contributed by atoms with E-state index in [0.29, 0.717) is 12.1 Å². The topological polar surface area (TPSA) is 29.3 Å². The minimum absolute atomic E-state index is 0.495. The standard InChI is InChI=1S/C14H28N2/c1-11(2)16(10-12-6-7-12)9-8-13-4-3-5-14(13)15/h11-14H,3-10,15H2,1-2H3. The number of hydrogen-bond acceptors (Lipinski definition) is 2. The van der Waals surface area contributed by atoms with Crippen molar-refractivity contribution in [2.75, 3.05) is 13.1 Å². The second-order valence-corrected chi connectivity index (χ2v) is 6.18. The van der Waals surface area contributed by atoms with Gasteiger partial charge in [0.15, 0.2) is 0 Å². The average Bonchev–Trinajstić information content (AvgIpc) is 2.96. The van der Waals surface area contributed by atoms with Gasteiger partial charge in [-0.25, -0.2) is 0 Å². The van der Waals surface area contributed by atoms with Crippen LogP contribution >= 0.6 is 0 Å². The van der Waals surface area contributed by atoms with Crippen molar-refractivity contribution in [3.8, 4) is 0 Å². The van der Waals surface area contributed by atoms with Gasteiger partial charge < -0.3 is 10.6 Å². The molecule has 0 amide bonds. The van der Waals surface area contributed by atoms with Crippen LogP contribution < -0.4 is 5.73 Å². The Morgan fingerprint density at radius 3 is 2.44 bits per heavy atom. The zero-order valence-corrected chi connectivity index (χ0v) is 11.0. The van der Waals surface area contributed by atoms with Gasteiger partial charge in [-0.15, -0.1) is 0 Å². The van der Waals surface area contributed by atoms with Crippen molar-refractivity contribution in [3.63, 3.8) is 0 Å². The van der Waals surface area contributed by atoms with E-state index in [0.717, 1.165) is 11.8 Å². The van der Waals surface area contributed by atoms with Crippen LogP contribution in [0.4, 0.5) is 0 Å². The molecule has 0 aromatic carbocycles. The Kier molecular flexibility index (Phi) is 4.26. The molecule has 0 bridgehead atoms. The molecule has 2 N–H and O–H groups in total. The van der Waals surface area contributed by atoms with E-state index in [1.54, 1.807) is 0 Å². The summed E-state index contributed by atoms with van der Waals surface area (Å²) >= 11 is 0. The van der Waals surface area contributed by atoms with Gasteiger partial charge in [-0.1, -0.05) is 6.42 Å². The highest BCUT2D eigenvalue weighted by atomic mass is 15.1. The lowest BCUT2D eigenvalue weighted by Gasteiger charge is -2.28. The first-order valence-corrected chi connectivity index (χ1v) is 7.16. The summed E-state index contributed by atoms with van der Waals surface area (Å²) in [4.78, 5) is 2.67. The summed E-state index contributed by atoms with van der Waals surface area (Å²) < 4.78 is 0. The molecule has 0 aliphatic heterocycles. The monoisotopic (exact) mass is 224 g/mol. The molecule has 0 saturated heterocycles. The Labute approximate surface area is 101 Å². The van der Waals surface area contributed by atoms with E-state index in [9.17, 15) is 0 Å². The normalized spacial score (nSPS) is 30.6. The van der Waals surface area contributed by atoms with Crippen molar-refractivity contribution in [1.29, 1.82) is 0 Å². The SMILES string of the molecule is CC(C)N(CCC1CCCC1N)CC1CC1. The van der Waals surface area contributed by atoms with Crippen molar-refractivity contribution in [1.82, 2.24) is 4.90 Å². The van der Waals surface area contributed by atoms with Crippen LogP contribution in [0.1, 0.15) is 52.4 Å². The lowest BCUT2D eigenvalue weighted by Crippen LogP contribution is -2.36. The van der Waals surface area contributed by atoms with Crippen LogP contribution in [0.5, 0.6) is 0 Å². The average molecular weight is 224 g/mol. The summed E-state index contributed by atoms with van der Waals surface area (Å²) in [5.74, 6) is 1.82. The van der Waals surface area contributed by atoms with E-state index in [-0.39, 0.29) is 0 Å². The van der Waals surface area contributed by atoms with E-state index in [1.165, 1.54) is 51.6 Å². The third kappa shape index (κ3) is 3.46. The molecule has 2 aliphatic rings. The zero-order valence-electron chi connectivity index (χ0n) is 11.0. The molecule has 2 rings (SSSR count). The Morgan fingerprint density at radius 2 is 1.94 bits per heavy atom. The van der Waals surface area contributed by atoms with Gasteiger partial charge in [-0.3, -0.25) is 0 Å². The second kappa shape index (κ2) is 5.50. The second-order valence-electron chi connectivity index (χ2n) is 6.18. The minimum Gasteiger partial charge on any atom is -0.327 e. The molecule has 0 aromatic rings. The van der Waals surface area contributed by atoms with Gasteiger partial charge in [0.25, 0.3) is 0 Å². The highest BCUT2D eigenvalue weighted by molar-refractivity contribution is 4.83. The molecule has 2 aliphatic carbocycles. The van der Waals surface area contributed by atoms with Crippen LogP contribution in [-0.4, -0.2) is 30.1 Å². The van der Waals surface area contributed by atoms with Crippen molar-refractivity contribution < 1.29 is 0 Å². The van der Waals surface area contributed by atoms with Gasteiger partial charge in [0, 0.05) is 18.6 Å². The molecule has 94 valence electrons. The smallest absolute Gasteiger partial charge is 0.00676 e. The third-order valence-corrected chi connectivity index (χ3v) is 4.42. The van der Waals surface area contributed by atoms with E-state index < -0.39 is 0 Å². The summed E-state index contributed by atoms with van der Waals surface area (Å²) in [7, 11) is 0. The van der Waals surface area contributed by atoms with Crippen LogP contribution in [0.3, 0.4) is 0 Å². The van der Waals surface area contributed by atoms with Crippen molar-refractivity contribution >= 4 is 0 Å². The fourth-order valence-electron chi connectivity index (χ4n) is 2.95. The quantitative estimate of drug-likeness (QED) is 0.751. The van der Waals surface area contributed by atoms with Crippen LogP contribution in [-0.2, 0) is 0 Å². The molecule has 2 atom stereocenters. The van der Waals surface area contributed by atoms with Crippen LogP contribution in [0, 0.1) is 11.8 Å². The summed E-state index contributed by atoms with van der Waals surface area (Å²) in [5, 5.41) is 0. The van der Waals surface area contributed by atoms with Gasteiger partial charge in [-0.05, 0) is 64.3 Å². The first-order chi connectivity index (χ1) is 7.66. The van der Waals surface area contributed by atoms with Crippen LogP contribution in [0.2, 0.25) is 0 Å². The molecule has 2 heteroatoms. The first kappa shape index (κ1) is 12.4. The Hall–Kier alpha value is -0.0800. The van der Waals surface area contributed by atoms with Crippen molar-refractivity contribution in [3.05, 3.63) is 0 Å². The minimum atomic E-state index is 0.495. The maximum absolute atomic E-state index is 6.14.